The molecule has 2 aliphatic rings. The number of nitrogens with zero attached hydrogens (tertiary/aromatic N) is 4. The third-order valence-electron chi connectivity index (χ3n) is 6.41. The number of carbonyl (C=O) groups is 3. The maximum absolute atomic E-state index is 13.0. The van der Waals surface area contributed by atoms with Gasteiger partial charge in [0.15, 0.2) is 0 Å². The number of imide groups is 1. The first-order chi connectivity index (χ1) is 15.9. The third kappa shape index (κ3) is 4.72. The molecule has 0 aliphatic carbocycles. The number of hydrogen-bond donors (Lipinski definition) is 1. The Balaban J connectivity index is 1.53. The van der Waals surface area contributed by atoms with E-state index in [1.807, 2.05) is 39.0 Å². The lowest BCUT2D eigenvalue weighted by atomic mass is 10.1. The molecule has 2 aromatic rings. The van der Waals surface area contributed by atoms with Crippen molar-refractivity contribution >= 4 is 34.5 Å². The summed E-state index contributed by atoms with van der Waals surface area (Å²) in [5, 5.41) is 2.34. The first kappa shape index (κ1) is 24.0. The first-order valence-corrected chi connectivity index (χ1v) is 11.7. The smallest absolute Gasteiger partial charge is 0.329 e. The summed E-state index contributed by atoms with van der Waals surface area (Å²) >= 11 is 0. The second-order valence-electron chi connectivity index (χ2n) is 10.2. The number of aryl methyl sites for hydroxylation is 1. The first-order valence-electron chi connectivity index (χ1n) is 11.7. The molecular weight excluding hydrogens is 438 g/mol. The van der Waals surface area contributed by atoms with Crippen molar-refractivity contribution in [2.24, 2.45) is 7.05 Å². The fourth-order valence-electron chi connectivity index (χ4n) is 4.88. The zero-order valence-corrected chi connectivity index (χ0v) is 20.5. The van der Waals surface area contributed by atoms with Crippen molar-refractivity contribution in [2.45, 2.75) is 58.2 Å². The number of piperazine rings is 1. The van der Waals surface area contributed by atoms with Crippen molar-refractivity contribution in [3.63, 3.8) is 0 Å². The lowest BCUT2D eigenvalue weighted by molar-refractivity contribution is -0.156. The molecule has 0 bridgehead atoms. The molecule has 1 unspecified atom stereocenters. The molecule has 10 nitrogen and oxygen atoms in total. The van der Waals surface area contributed by atoms with Crippen LogP contribution in [-0.4, -0.2) is 69.6 Å². The summed E-state index contributed by atoms with van der Waals surface area (Å²) in [6, 6.07) is 5.26. The SMILES string of the molecule is C[C@H]1CN(CC(=O)OC(C)(C)C)CCN1c1ccc2c(c1)n(C)c(=O)n2C1CCC(=O)NC1=O. The van der Waals surface area contributed by atoms with Gasteiger partial charge >= 0.3 is 11.7 Å². The zero-order chi connectivity index (χ0) is 24.8. The molecule has 3 heterocycles. The normalized spacial score (nSPS) is 22.2. The van der Waals surface area contributed by atoms with Crippen molar-refractivity contribution in [2.75, 3.05) is 31.1 Å². The fraction of sp³-hybridized carbons (Fsp3) is 0.583. The van der Waals surface area contributed by atoms with Gasteiger partial charge in [0, 0.05) is 44.8 Å². The second-order valence-corrected chi connectivity index (χ2v) is 10.2. The van der Waals surface area contributed by atoms with Crippen LogP contribution in [0.3, 0.4) is 0 Å². The molecule has 1 N–H and O–H groups in total. The van der Waals surface area contributed by atoms with Crippen LogP contribution in [-0.2, 0) is 26.2 Å². The molecule has 34 heavy (non-hydrogen) atoms. The van der Waals surface area contributed by atoms with E-state index in [4.69, 9.17) is 4.74 Å². The minimum atomic E-state index is -0.699. The number of anilines is 1. The highest BCUT2D eigenvalue weighted by Crippen LogP contribution is 2.28. The highest BCUT2D eigenvalue weighted by atomic mass is 16.6. The van der Waals surface area contributed by atoms with Gasteiger partial charge in [0.1, 0.15) is 11.6 Å². The van der Waals surface area contributed by atoms with Gasteiger partial charge in [0.05, 0.1) is 17.6 Å². The minimum Gasteiger partial charge on any atom is -0.459 e. The number of imidazole rings is 1. The van der Waals surface area contributed by atoms with E-state index in [1.165, 1.54) is 4.57 Å². The average molecular weight is 472 g/mol. The summed E-state index contributed by atoms with van der Waals surface area (Å²) in [5.74, 6) is -0.972. The van der Waals surface area contributed by atoms with Crippen LogP contribution >= 0.6 is 0 Å². The number of hydrogen-bond acceptors (Lipinski definition) is 7. The van der Waals surface area contributed by atoms with Crippen LogP contribution < -0.4 is 15.9 Å². The predicted molar refractivity (Wildman–Crippen MR) is 128 cm³/mol. The van der Waals surface area contributed by atoms with Gasteiger partial charge in [0.2, 0.25) is 11.8 Å². The minimum absolute atomic E-state index is 0.155. The van der Waals surface area contributed by atoms with Crippen molar-refractivity contribution in [1.29, 1.82) is 0 Å². The monoisotopic (exact) mass is 471 g/mol. The third-order valence-corrected chi connectivity index (χ3v) is 6.41. The van der Waals surface area contributed by atoms with E-state index in [0.717, 1.165) is 24.3 Å². The number of piperidine rings is 1. The van der Waals surface area contributed by atoms with Crippen molar-refractivity contribution in [1.82, 2.24) is 19.4 Å². The van der Waals surface area contributed by atoms with E-state index in [9.17, 15) is 19.2 Å². The van der Waals surface area contributed by atoms with Crippen LogP contribution in [0, 0.1) is 0 Å². The maximum atomic E-state index is 13.0. The van der Waals surface area contributed by atoms with Gasteiger partial charge in [-0.2, -0.15) is 0 Å². The molecule has 2 fully saturated rings. The number of nitrogens with one attached hydrogen (secondary N) is 1. The van der Waals surface area contributed by atoms with E-state index >= 15 is 0 Å². The molecule has 1 aromatic carbocycles. The van der Waals surface area contributed by atoms with Gasteiger partial charge in [-0.3, -0.25) is 33.7 Å². The Kier molecular flexibility index (Phi) is 6.28. The van der Waals surface area contributed by atoms with E-state index in [-0.39, 0.29) is 36.6 Å². The average Bonchev–Trinajstić information content (AvgIpc) is 2.97. The van der Waals surface area contributed by atoms with Crippen LogP contribution in [0.2, 0.25) is 0 Å². The summed E-state index contributed by atoms with van der Waals surface area (Å²) in [6.07, 6.45) is 0.518. The molecule has 2 atom stereocenters. The highest BCUT2D eigenvalue weighted by Gasteiger charge is 2.32. The van der Waals surface area contributed by atoms with Crippen LogP contribution in [0.1, 0.15) is 46.6 Å². The summed E-state index contributed by atoms with van der Waals surface area (Å²) < 4.78 is 8.49. The van der Waals surface area contributed by atoms with Crippen LogP contribution in [0.4, 0.5) is 5.69 Å². The molecule has 1 aromatic heterocycles. The zero-order valence-electron chi connectivity index (χ0n) is 20.5. The molecule has 4 rings (SSSR count). The maximum Gasteiger partial charge on any atom is 0.329 e. The van der Waals surface area contributed by atoms with Crippen molar-refractivity contribution in [3.05, 3.63) is 28.7 Å². The molecule has 10 heteroatoms. The lowest BCUT2D eigenvalue weighted by Gasteiger charge is -2.41. The van der Waals surface area contributed by atoms with Gasteiger partial charge in [-0.05, 0) is 52.3 Å². The number of esters is 1. The number of amides is 2. The largest absolute Gasteiger partial charge is 0.459 e. The Labute approximate surface area is 198 Å². The Hall–Kier alpha value is -3.14. The Morgan fingerprint density at radius 3 is 2.53 bits per heavy atom. The van der Waals surface area contributed by atoms with E-state index in [2.05, 4.69) is 22.0 Å². The molecule has 2 amide bonds. The topological polar surface area (TPSA) is 106 Å². The Morgan fingerprint density at radius 2 is 1.88 bits per heavy atom. The van der Waals surface area contributed by atoms with Gasteiger partial charge in [-0.25, -0.2) is 4.79 Å². The molecule has 184 valence electrons. The standard InChI is InChI=1S/C24H33N5O5/c1-15-13-27(14-21(31)34-24(2,3)4)10-11-28(15)16-6-7-17-19(12-16)26(5)23(33)29(17)18-8-9-20(30)25-22(18)32/h6-7,12,15,18H,8-11,13-14H2,1-5H3,(H,25,30,32)/t15-,18?/m0/s1. The van der Waals surface area contributed by atoms with E-state index < -0.39 is 17.6 Å². The molecular formula is C24H33N5O5. The summed E-state index contributed by atoms with van der Waals surface area (Å²) in [4.78, 5) is 53.5. The Bertz CT molecular complexity index is 1190. The van der Waals surface area contributed by atoms with Crippen molar-refractivity contribution < 1.29 is 19.1 Å². The number of aromatic nitrogens is 2. The van der Waals surface area contributed by atoms with Crippen LogP contribution in [0.5, 0.6) is 0 Å². The van der Waals surface area contributed by atoms with Gasteiger partial charge in [-0.1, -0.05) is 0 Å². The number of fused-ring (bicyclic) bond motifs is 1. The molecule has 2 aliphatic heterocycles. The molecule has 2 saturated heterocycles. The summed E-state index contributed by atoms with van der Waals surface area (Å²) in [7, 11) is 1.69. The van der Waals surface area contributed by atoms with Crippen LogP contribution in [0.25, 0.3) is 11.0 Å². The van der Waals surface area contributed by atoms with Crippen LogP contribution in [0.15, 0.2) is 23.0 Å². The van der Waals surface area contributed by atoms with Gasteiger partial charge in [0.25, 0.3) is 0 Å². The second kappa shape index (κ2) is 8.90. The number of ether oxygens (including phenoxy) is 1. The summed E-state index contributed by atoms with van der Waals surface area (Å²) in [6.45, 7) is 10.1. The molecule has 0 radical (unpaired) electrons. The quantitative estimate of drug-likeness (QED) is 0.527. The predicted octanol–water partition coefficient (Wildman–Crippen LogP) is 1.17. The number of rotatable bonds is 4. The van der Waals surface area contributed by atoms with E-state index in [0.29, 0.717) is 18.5 Å². The van der Waals surface area contributed by atoms with Gasteiger partial charge in [-0.15, -0.1) is 0 Å². The molecule has 0 saturated carbocycles. The lowest BCUT2D eigenvalue weighted by Crippen LogP contribution is -2.53. The molecule has 0 spiro atoms. The number of benzene rings is 1. The summed E-state index contributed by atoms with van der Waals surface area (Å²) in [5.41, 5.74) is 1.60. The Morgan fingerprint density at radius 1 is 1.15 bits per heavy atom. The fourth-order valence-corrected chi connectivity index (χ4v) is 4.88. The van der Waals surface area contributed by atoms with Gasteiger partial charge < -0.3 is 9.64 Å². The highest BCUT2D eigenvalue weighted by molar-refractivity contribution is 6.00. The number of carbonyl (C=O) groups excluding carboxylic acids is 3. The van der Waals surface area contributed by atoms with Crippen molar-refractivity contribution in [3.8, 4) is 0 Å². The van der Waals surface area contributed by atoms with E-state index in [1.54, 1.807) is 11.6 Å².